The highest BCUT2D eigenvalue weighted by molar-refractivity contribution is 6.03. The maximum Gasteiger partial charge on any atom is 0.319 e. The molecule has 2 aromatic heterocycles. The lowest BCUT2D eigenvalue weighted by molar-refractivity contribution is -0.119. The number of fused-ring (bicyclic) bond motifs is 3. The number of halogens is 2. The molecule has 9 nitrogen and oxygen atoms in total. The first-order chi connectivity index (χ1) is 22.3. The van der Waals surface area contributed by atoms with E-state index in [1.165, 1.54) is 30.5 Å². The molecule has 2 aromatic carbocycles. The van der Waals surface area contributed by atoms with Gasteiger partial charge in [0.25, 0.3) is 0 Å². The molecule has 1 spiro atoms. The second-order valence-electron chi connectivity index (χ2n) is 13.2. The van der Waals surface area contributed by atoms with Crippen LogP contribution in [-0.2, 0) is 4.79 Å². The number of aromatic nitrogens is 3. The molecular formula is C35H34F2N6O3. The molecule has 4 aromatic rings. The molecule has 6 heterocycles. The Balaban J connectivity index is 1.31. The number of hydrogen-bond donors (Lipinski definition) is 2. The Morgan fingerprint density at radius 1 is 1.07 bits per heavy atom. The monoisotopic (exact) mass is 624 g/mol. The van der Waals surface area contributed by atoms with Crippen molar-refractivity contribution in [2.24, 2.45) is 0 Å². The summed E-state index contributed by atoms with van der Waals surface area (Å²) in [5, 5.41) is 14.7. The molecule has 4 saturated heterocycles. The lowest BCUT2D eigenvalue weighted by Gasteiger charge is -2.45. The number of rotatable bonds is 5. The molecule has 11 heteroatoms. The molecule has 236 valence electrons. The number of piperidine rings is 1. The number of nitrogens with zero attached hydrogens (tertiary/aromatic N) is 5. The maximum absolute atomic E-state index is 16.9. The minimum absolute atomic E-state index is 0.00893. The highest BCUT2D eigenvalue weighted by atomic mass is 19.1. The van der Waals surface area contributed by atoms with Gasteiger partial charge in [-0.05, 0) is 81.6 Å². The van der Waals surface area contributed by atoms with Gasteiger partial charge in [-0.1, -0.05) is 12.0 Å². The van der Waals surface area contributed by atoms with Gasteiger partial charge < -0.3 is 20.1 Å². The summed E-state index contributed by atoms with van der Waals surface area (Å²) in [7, 11) is 0. The fourth-order valence-corrected chi connectivity index (χ4v) is 8.37. The van der Waals surface area contributed by atoms with E-state index in [1.54, 1.807) is 0 Å². The van der Waals surface area contributed by atoms with Gasteiger partial charge in [-0.3, -0.25) is 14.7 Å². The molecule has 0 aliphatic carbocycles. The van der Waals surface area contributed by atoms with Crippen LogP contribution in [0, 0.1) is 24.0 Å². The number of carbonyl (C=O) groups is 1. The zero-order valence-electron chi connectivity index (χ0n) is 25.4. The van der Waals surface area contributed by atoms with E-state index in [0.717, 1.165) is 58.0 Å². The smallest absolute Gasteiger partial charge is 0.319 e. The van der Waals surface area contributed by atoms with E-state index in [0.29, 0.717) is 42.7 Å². The van der Waals surface area contributed by atoms with E-state index >= 15 is 4.39 Å². The zero-order valence-corrected chi connectivity index (χ0v) is 25.4. The lowest BCUT2D eigenvalue weighted by atomic mass is 9.85. The highest BCUT2D eigenvalue weighted by Gasteiger charge is 2.47. The highest BCUT2D eigenvalue weighted by Crippen LogP contribution is 2.43. The van der Waals surface area contributed by atoms with E-state index in [2.05, 4.69) is 31.0 Å². The van der Waals surface area contributed by atoms with Gasteiger partial charge >= 0.3 is 6.01 Å². The number of aromatic hydroxyl groups is 1. The quantitative estimate of drug-likeness (QED) is 0.297. The van der Waals surface area contributed by atoms with E-state index in [1.807, 2.05) is 0 Å². The molecular weight excluding hydrogens is 590 g/mol. The first kappa shape index (κ1) is 28.9. The number of hydrogen-bond acceptors (Lipinski definition) is 8. The van der Waals surface area contributed by atoms with Crippen molar-refractivity contribution in [2.75, 3.05) is 37.7 Å². The summed E-state index contributed by atoms with van der Waals surface area (Å²) in [5.41, 5.74) is -0.623. The van der Waals surface area contributed by atoms with Crippen LogP contribution in [-0.4, -0.2) is 74.7 Å². The van der Waals surface area contributed by atoms with Crippen LogP contribution < -0.4 is 15.0 Å². The molecule has 0 bridgehead atoms. The third-order valence-corrected chi connectivity index (χ3v) is 10.6. The predicted molar refractivity (Wildman–Crippen MR) is 170 cm³/mol. The topological polar surface area (TPSA) is 104 Å². The maximum atomic E-state index is 16.9. The number of phenols is 1. The van der Waals surface area contributed by atoms with Crippen molar-refractivity contribution in [1.29, 1.82) is 0 Å². The van der Waals surface area contributed by atoms with Crippen molar-refractivity contribution in [3.05, 3.63) is 47.7 Å². The number of carbonyl (C=O) groups excluding carboxylic acids is 1. The average Bonchev–Trinajstić information content (AvgIpc) is 3.75. The summed E-state index contributed by atoms with van der Waals surface area (Å²) < 4.78 is 38.2. The summed E-state index contributed by atoms with van der Waals surface area (Å²) >= 11 is 0. The lowest BCUT2D eigenvalue weighted by Crippen LogP contribution is -2.54. The summed E-state index contributed by atoms with van der Waals surface area (Å²) in [6.07, 6.45) is 14.4. The number of benzene rings is 2. The van der Waals surface area contributed by atoms with Crippen molar-refractivity contribution >= 4 is 33.4 Å². The van der Waals surface area contributed by atoms with Crippen molar-refractivity contribution in [3.63, 3.8) is 0 Å². The van der Waals surface area contributed by atoms with Crippen LogP contribution in [0.3, 0.4) is 0 Å². The van der Waals surface area contributed by atoms with Crippen LogP contribution in [0.25, 0.3) is 32.9 Å². The van der Waals surface area contributed by atoms with Crippen LogP contribution in [0.15, 0.2) is 30.5 Å². The predicted octanol–water partition coefficient (Wildman–Crippen LogP) is 5.07. The first-order valence-electron chi connectivity index (χ1n) is 16.0. The third-order valence-electron chi connectivity index (χ3n) is 10.6. The van der Waals surface area contributed by atoms with Gasteiger partial charge in [0.1, 0.15) is 35.2 Å². The summed E-state index contributed by atoms with van der Waals surface area (Å²) in [6.45, 7) is 3.56. The Labute approximate surface area is 265 Å². The van der Waals surface area contributed by atoms with E-state index in [-0.39, 0.29) is 50.9 Å². The van der Waals surface area contributed by atoms with Gasteiger partial charge in [-0.2, -0.15) is 9.97 Å². The molecule has 1 amide bonds. The summed E-state index contributed by atoms with van der Waals surface area (Å²) in [6, 6.07) is 5.55. The minimum atomic E-state index is -0.765. The van der Waals surface area contributed by atoms with Crippen molar-refractivity contribution < 1.29 is 23.4 Å². The fraction of sp³-hybridized carbons (Fsp3) is 0.429. The molecule has 1 atom stereocenters. The third kappa shape index (κ3) is 4.45. The average molecular weight is 625 g/mol. The zero-order chi connectivity index (χ0) is 31.6. The SMILES string of the molecule is C#Cc1c(F)ccc2cc(O)cc(-c3ncc4c(N5CCCC[C@@]56CNC(=O)C6)nc(OCC56CCCN5CCC6)nc4c3F)c12. The van der Waals surface area contributed by atoms with Gasteiger partial charge in [0.05, 0.1) is 28.4 Å². The molecule has 4 aliphatic rings. The number of terminal acetylenes is 1. The van der Waals surface area contributed by atoms with Gasteiger partial charge in [-0.15, -0.1) is 6.42 Å². The molecule has 0 saturated carbocycles. The van der Waals surface area contributed by atoms with Crippen LogP contribution >= 0.6 is 0 Å². The normalized spacial score (nSPS) is 22.5. The summed E-state index contributed by atoms with van der Waals surface area (Å²) in [5.74, 6) is 1.28. The molecule has 2 N–H and O–H groups in total. The number of ether oxygens (including phenoxy) is 1. The van der Waals surface area contributed by atoms with E-state index in [4.69, 9.17) is 16.1 Å². The minimum Gasteiger partial charge on any atom is -0.508 e. The standard InChI is InChI=1S/C35H34F2N6O3/c1-2-23-26(36)8-7-21-15-22(44)16-24(28(21)23)30-29(37)31-25(18-38-30)32(43-14-4-3-9-35(43)17-27(45)39-19-35)41-33(40-31)46-20-34-10-5-12-42(34)13-6-11-34/h1,7-8,15-16,18,44H,3-6,9-14,17,19-20H2,(H,39,45)/t35-/m1/s1. The van der Waals surface area contributed by atoms with Crippen molar-refractivity contribution in [2.45, 2.75) is 62.4 Å². The molecule has 8 rings (SSSR count). The van der Waals surface area contributed by atoms with Crippen molar-refractivity contribution in [3.8, 4) is 35.4 Å². The number of phenolic OH excluding ortho intramolecular Hbond substituents is 1. The Hall–Kier alpha value is -4.56. The Morgan fingerprint density at radius 3 is 2.65 bits per heavy atom. The van der Waals surface area contributed by atoms with Gasteiger partial charge in [0.2, 0.25) is 5.91 Å². The summed E-state index contributed by atoms with van der Waals surface area (Å²) in [4.78, 5) is 31.1. The Bertz CT molecular complexity index is 1950. The van der Waals surface area contributed by atoms with Gasteiger partial charge in [-0.25, -0.2) is 8.78 Å². The second-order valence-corrected chi connectivity index (χ2v) is 13.2. The van der Waals surface area contributed by atoms with Crippen LogP contribution in [0.5, 0.6) is 11.8 Å². The van der Waals surface area contributed by atoms with Crippen molar-refractivity contribution in [1.82, 2.24) is 25.2 Å². The first-order valence-corrected chi connectivity index (χ1v) is 16.0. The molecule has 0 radical (unpaired) electrons. The molecule has 4 fully saturated rings. The number of pyridine rings is 1. The largest absolute Gasteiger partial charge is 0.508 e. The number of nitrogens with one attached hydrogen (secondary N) is 1. The Kier molecular flexibility index (Phi) is 6.76. The molecule has 46 heavy (non-hydrogen) atoms. The second kappa shape index (κ2) is 10.8. The van der Waals surface area contributed by atoms with E-state index < -0.39 is 17.2 Å². The van der Waals surface area contributed by atoms with E-state index in [9.17, 15) is 14.3 Å². The van der Waals surface area contributed by atoms with Gasteiger partial charge in [0, 0.05) is 30.2 Å². The van der Waals surface area contributed by atoms with Gasteiger partial charge in [0.15, 0.2) is 5.82 Å². The molecule has 0 unspecified atom stereocenters. The molecule has 4 aliphatic heterocycles. The number of anilines is 1. The van der Waals surface area contributed by atoms with Crippen LogP contribution in [0.2, 0.25) is 0 Å². The van der Waals surface area contributed by atoms with Crippen LogP contribution in [0.1, 0.15) is 56.9 Å². The Morgan fingerprint density at radius 2 is 1.89 bits per heavy atom. The van der Waals surface area contributed by atoms with Crippen LogP contribution in [0.4, 0.5) is 14.6 Å². The number of amides is 1. The fourth-order valence-electron chi connectivity index (χ4n) is 8.37.